The van der Waals surface area contributed by atoms with Crippen molar-refractivity contribution < 1.29 is 0 Å². The van der Waals surface area contributed by atoms with Gasteiger partial charge in [0.05, 0.1) is 11.6 Å². The summed E-state index contributed by atoms with van der Waals surface area (Å²) in [4.78, 5) is 0. The summed E-state index contributed by atoms with van der Waals surface area (Å²) in [6.45, 7) is 1.97. The fourth-order valence-corrected chi connectivity index (χ4v) is 1.09. The number of nitrogens with two attached hydrogens (primary N) is 1. The molecule has 0 spiro atoms. The van der Waals surface area contributed by atoms with E-state index in [0.29, 0.717) is 5.56 Å². The van der Waals surface area contributed by atoms with Gasteiger partial charge in [-0.3, -0.25) is 0 Å². The van der Waals surface area contributed by atoms with E-state index in [4.69, 9.17) is 11.0 Å². The highest BCUT2D eigenvalue weighted by Crippen LogP contribution is 2.04. The Labute approximate surface area is 72.6 Å². The van der Waals surface area contributed by atoms with Crippen molar-refractivity contribution in [1.29, 1.82) is 5.26 Å². The van der Waals surface area contributed by atoms with Crippen LogP contribution in [0.25, 0.3) is 0 Å². The Morgan fingerprint density at radius 3 is 2.42 bits per heavy atom. The minimum absolute atomic E-state index is 0.179. The highest BCUT2D eigenvalue weighted by atomic mass is 14.6. The third-order valence-corrected chi connectivity index (χ3v) is 1.64. The Balaban J connectivity index is 2.73. The summed E-state index contributed by atoms with van der Waals surface area (Å²) in [5.41, 5.74) is 7.51. The Morgan fingerprint density at radius 2 is 2.00 bits per heavy atom. The van der Waals surface area contributed by atoms with Crippen molar-refractivity contribution in [3.8, 4) is 6.07 Å². The minimum Gasteiger partial charge on any atom is -0.328 e. The lowest BCUT2D eigenvalue weighted by Gasteiger charge is -2.03. The molecule has 1 atom stereocenters. The molecule has 0 bridgehead atoms. The van der Waals surface area contributed by atoms with Gasteiger partial charge in [0.25, 0.3) is 0 Å². The zero-order valence-electron chi connectivity index (χ0n) is 7.12. The second-order valence-electron chi connectivity index (χ2n) is 2.99. The van der Waals surface area contributed by atoms with E-state index in [-0.39, 0.29) is 6.04 Å². The Hall–Kier alpha value is -1.33. The molecule has 0 saturated carbocycles. The van der Waals surface area contributed by atoms with Crippen LogP contribution in [0.1, 0.15) is 18.1 Å². The van der Waals surface area contributed by atoms with E-state index in [2.05, 4.69) is 6.07 Å². The molecule has 1 rings (SSSR count). The number of rotatable bonds is 2. The molecule has 1 aromatic carbocycles. The van der Waals surface area contributed by atoms with Gasteiger partial charge in [0, 0.05) is 6.04 Å². The fraction of sp³-hybridized carbons (Fsp3) is 0.300. The van der Waals surface area contributed by atoms with Crippen LogP contribution in [0.4, 0.5) is 0 Å². The van der Waals surface area contributed by atoms with E-state index in [1.165, 1.54) is 5.56 Å². The van der Waals surface area contributed by atoms with E-state index in [1.807, 2.05) is 31.2 Å². The van der Waals surface area contributed by atoms with Crippen LogP contribution in [-0.4, -0.2) is 6.04 Å². The zero-order chi connectivity index (χ0) is 8.97. The van der Waals surface area contributed by atoms with Crippen LogP contribution < -0.4 is 5.73 Å². The first-order valence-electron chi connectivity index (χ1n) is 3.97. The molecule has 2 N–H and O–H groups in total. The normalized spacial score (nSPS) is 12.1. The molecule has 2 heteroatoms. The van der Waals surface area contributed by atoms with E-state index < -0.39 is 0 Å². The van der Waals surface area contributed by atoms with Crippen molar-refractivity contribution in [2.75, 3.05) is 0 Å². The van der Waals surface area contributed by atoms with Crippen LogP contribution in [0.2, 0.25) is 0 Å². The molecule has 0 radical (unpaired) electrons. The first-order valence-corrected chi connectivity index (χ1v) is 3.97. The SMILES string of the molecule is CC(N)Cc1ccc(C#N)cc1. The summed E-state index contributed by atoms with van der Waals surface area (Å²) in [5, 5.41) is 8.54. The third kappa shape index (κ3) is 2.37. The van der Waals surface area contributed by atoms with E-state index in [0.717, 1.165) is 6.42 Å². The van der Waals surface area contributed by atoms with E-state index in [1.54, 1.807) is 0 Å². The molecule has 0 aromatic heterocycles. The zero-order valence-corrected chi connectivity index (χ0v) is 7.12. The number of nitriles is 1. The van der Waals surface area contributed by atoms with Gasteiger partial charge in [-0.05, 0) is 31.0 Å². The van der Waals surface area contributed by atoms with E-state index in [9.17, 15) is 0 Å². The average Bonchev–Trinajstić information content (AvgIpc) is 2.05. The standard InChI is InChI=1S/C10H12N2/c1-8(12)6-9-2-4-10(7-11)5-3-9/h2-5,8H,6,12H2,1H3. The van der Waals surface area contributed by atoms with Crippen LogP contribution in [-0.2, 0) is 6.42 Å². The number of hydrogen-bond donors (Lipinski definition) is 1. The predicted octanol–water partition coefficient (Wildman–Crippen LogP) is 1.45. The molecule has 0 aliphatic carbocycles. The average molecular weight is 160 g/mol. The maximum atomic E-state index is 8.54. The molecular weight excluding hydrogens is 148 g/mol. The van der Waals surface area contributed by atoms with Crippen LogP contribution in [0.3, 0.4) is 0 Å². The van der Waals surface area contributed by atoms with Crippen LogP contribution in [0, 0.1) is 11.3 Å². The van der Waals surface area contributed by atoms with Gasteiger partial charge < -0.3 is 5.73 Å². The second kappa shape index (κ2) is 3.89. The lowest BCUT2D eigenvalue weighted by Crippen LogP contribution is -2.17. The molecule has 0 fully saturated rings. The minimum atomic E-state index is 0.179. The van der Waals surface area contributed by atoms with Crippen molar-refractivity contribution >= 4 is 0 Å². The molecule has 62 valence electrons. The maximum Gasteiger partial charge on any atom is 0.0991 e. The Kier molecular flexibility index (Phi) is 2.84. The highest BCUT2D eigenvalue weighted by Gasteiger charge is 1.96. The van der Waals surface area contributed by atoms with Crippen molar-refractivity contribution in [3.05, 3.63) is 35.4 Å². The van der Waals surface area contributed by atoms with Crippen molar-refractivity contribution in [1.82, 2.24) is 0 Å². The van der Waals surface area contributed by atoms with E-state index >= 15 is 0 Å². The molecule has 1 aromatic rings. The molecule has 0 saturated heterocycles. The van der Waals surface area contributed by atoms with Gasteiger partial charge in [-0.2, -0.15) is 5.26 Å². The Morgan fingerprint density at radius 1 is 1.42 bits per heavy atom. The van der Waals surface area contributed by atoms with Gasteiger partial charge in [-0.15, -0.1) is 0 Å². The van der Waals surface area contributed by atoms with Crippen LogP contribution in [0.5, 0.6) is 0 Å². The maximum absolute atomic E-state index is 8.54. The molecule has 0 heterocycles. The van der Waals surface area contributed by atoms with Crippen molar-refractivity contribution in [3.63, 3.8) is 0 Å². The fourth-order valence-electron chi connectivity index (χ4n) is 1.09. The lowest BCUT2D eigenvalue weighted by molar-refractivity contribution is 0.738. The monoisotopic (exact) mass is 160 g/mol. The third-order valence-electron chi connectivity index (χ3n) is 1.64. The second-order valence-corrected chi connectivity index (χ2v) is 2.99. The summed E-state index contributed by atoms with van der Waals surface area (Å²) in [6.07, 6.45) is 0.867. The van der Waals surface area contributed by atoms with Gasteiger partial charge >= 0.3 is 0 Å². The Bertz CT molecular complexity index is 280. The summed E-state index contributed by atoms with van der Waals surface area (Å²) in [7, 11) is 0. The first-order chi connectivity index (χ1) is 5.72. The molecular formula is C10H12N2. The topological polar surface area (TPSA) is 49.8 Å². The van der Waals surface area contributed by atoms with Gasteiger partial charge in [-0.1, -0.05) is 12.1 Å². The van der Waals surface area contributed by atoms with Gasteiger partial charge in [0.1, 0.15) is 0 Å². The van der Waals surface area contributed by atoms with Gasteiger partial charge in [0.15, 0.2) is 0 Å². The molecule has 1 unspecified atom stereocenters. The number of hydrogen-bond acceptors (Lipinski definition) is 2. The predicted molar refractivity (Wildman–Crippen MR) is 48.5 cm³/mol. The van der Waals surface area contributed by atoms with Crippen LogP contribution in [0.15, 0.2) is 24.3 Å². The summed E-state index contributed by atoms with van der Waals surface area (Å²) >= 11 is 0. The smallest absolute Gasteiger partial charge is 0.0991 e. The van der Waals surface area contributed by atoms with Crippen LogP contribution >= 0.6 is 0 Å². The molecule has 0 amide bonds. The summed E-state index contributed by atoms with van der Waals surface area (Å²) in [6, 6.07) is 9.78. The molecule has 0 aliphatic rings. The molecule has 2 nitrogen and oxygen atoms in total. The molecule has 0 aliphatic heterocycles. The van der Waals surface area contributed by atoms with Gasteiger partial charge in [-0.25, -0.2) is 0 Å². The molecule has 12 heavy (non-hydrogen) atoms. The summed E-state index contributed by atoms with van der Waals surface area (Å²) < 4.78 is 0. The quantitative estimate of drug-likeness (QED) is 0.711. The number of benzene rings is 1. The summed E-state index contributed by atoms with van der Waals surface area (Å²) in [5.74, 6) is 0. The highest BCUT2D eigenvalue weighted by molar-refractivity contribution is 5.31. The van der Waals surface area contributed by atoms with Crippen molar-refractivity contribution in [2.24, 2.45) is 5.73 Å². The van der Waals surface area contributed by atoms with Crippen molar-refractivity contribution in [2.45, 2.75) is 19.4 Å². The van der Waals surface area contributed by atoms with Gasteiger partial charge in [0.2, 0.25) is 0 Å². The lowest BCUT2D eigenvalue weighted by atomic mass is 10.1. The largest absolute Gasteiger partial charge is 0.328 e. The number of nitrogens with zero attached hydrogens (tertiary/aromatic N) is 1. The first kappa shape index (κ1) is 8.76.